The Balaban J connectivity index is 1.77. The van der Waals surface area contributed by atoms with Gasteiger partial charge in [-0.15, -0.1) is 11.3 Å². The number of hydrogen-bond donors (Lipinski definition) is 1. The Morgan fingerprint density at radius 1 is 1.35 bits per heavy atom. The fraction of sp³-hybridized carbons (Fsp3) is 0.438. The zero-order valence-corrected chi connectivity index (χ0v) is 12.8. The highest BCUT2D eigenvalue weighted by atomic mass is 32.1. The van der Waals surface area contributed by atoms with E-state index in [0.717, 1.165) is 13.1 Å². The monoisotopic (exact) mass is 287 g/mol. The molecule has 20 heavy (non-hydrogen) atoms. The van der Waals surface area contributed by atoms with Crippen molar-refractivity contribution >= 4 is 11.3 Å². The molecule has 2 heterocycles. The molecule has 0 radical (unpaired) electrons. The fourth-order valence-electron chi connectivity index (χ4n) is 2.92. The van der Waals surface area contributed by atoms with Gasteiger partial charge >= 0.3 is 0 Å². The van der Waals surface area contributed by atoms with E-state index >= 15 is 0 Å². The van der Waals surface area contributed by atoms with Gasteiger partial charge in [0.15, 0.2) is 0 Å². The number of nitrogens with one attached hydrogen (secondary N) is 1. The molecule has 0 spiro atoms. The molecular formula is C16H21N3S. The number of rotatable bonds is 3. The molecule has 3 unspecified atom stereocenters. The molecule has 1 aromatic carbocycles. The van der Waals surface area contributed by atoms with Gasteiger partial charge in [0.25, 0.3) is 0 Å². The van der Waals surface area contributed by atoms with Crippen molar-refractivity contribution in [3.63, 3.8) is 0 Å². The summed E-state index contributed by atoms with van der Waals surface area (Å²) in [6, 6.07) is 12.1. The Bertz CT molecular complexity index is 526. The van der Waals surface area contributed by atoms with E-state index < -0.39 is 0 Å². The summed E-state index contributed by atoms with van der Waals surface area (Å²) in [5.74, 6) is 0. The summed E-state index contributed by atoms with van der Waals surface area (Å²) >= 11 is 1.75. The number of aromatic nitrogens is 1. The highest BCUT2D eigenvalue weighted by Gasteiger charge is 2.30. The van der Waals surface area contributed by atoms with Gasteiger partial charge in [-0.25, -0.2) is 4.98 Å². The van der Waals surface area contributed by atoms with E-state index in [9.17, 15) is 0 Å². The number of benzene rings is 1. The molecule has 1 aliphatic rings. The molecule has 4 heteroatoms. The van der Waals surface area contributed by atoms with Gasteiger partial charge < -0.3 is 5.32 Å². The third kappa shape index (κ3) is 2.77. The summed E-state index contributed by atoms with van der Waals surface area (Å²) in [5.41, 5.74) is 1.37. The Morgan fingerprint density at radius 3 is 2.85 bits per heavy atom. The van der Waals surface area contributed by atoms with Crippen LogP contribution >= 0.6 is 11.3 Å². The van der Waals surface area contributed by atoms with Gasteiger partial charge in [-0.2, -0.15) is 0 Å². The van der Waals surface area contributed by atoms with Crippen LogP contribution in [0.25, 0.3) is 0 Å². The molecule has 2 aromatic rings. The van der Waals surface area contributed by atoms with Crippen LogP contribution in [0, 0.1) is 0 Å². The second-order valence-electron chi connectivity index (χ2n) is 5.46. The van der Waals surface area contributed by atoms with Crippen molar-refractivity contribution < 1.29 is 0 Å². The van der Waals surface area contributed by atoms with Gasteiger partial charge in [0.05, 0.1) is 6.04 Å². The number of piperazine rings is 1. The van der Waals surface area contributed by atoms with Crippen molar-refractivity contribution in [3.8, 4) is 0 Å². The first-order chi connectivity index (χ1) is 9.75. The van der Waals surface area contributed by atoms with Crippen LogP contribution in [0.4, 0.5) is 0 Å². The van der Waals surface area contributed by atoms with E-state index in [4.69, 9.17) is 0 Å². The summed E-state index contributed by atoms with van der Waals surface area (Å²) < 4.78 is 0. The topological polar surface area (TPSA) is 28.2 Å². The van der Waals surface area contributed by atoms with Crippen LogP contribution in [0.5, 0.6) is 0 Å². The van der Waals surface area contributed by atoms with E-state index in [1.54, 1.807) is 11.3 Å². The van der Waals surface area contributed by atoms with Crippen LogP contribution < -0.4 is 5.32 Å². The Kier molecular flexibility index (Phi) is 4.15. The van der Waals surface area contributed by atoms with Crippen molar-refractivity contribution in [2.75, 3.05) is 13.1 Å². The predicted molar refractivity (Wildman–Crippen MR) is 83.9 cm³/mol. The molecular weight excluding hydrogens is 266 g/mol. The number of nitrogens with zero attached hydrogens (tertiary/aromatic N) is 2. The molecule has 0 amide bonds. The highest BCUT2D eigenvalue weighted by Crippen LogP contribution is 2.29. The first-order valence-electron chi connectivity index (χ1n) is 7.19. The van der Waals surface area contributed by atoms with Crippen LogP contribution in [0.15, 0.2) is 41.9 Å². The van der Waals surface area contributed by atoms with Gasteiger partial charge in [0, 0.05) is 36.8 Å². The summed E-state index contributed by atoms with van der Waals surface area (Å²) in [4.78, 5) is 7.04. The lowest BCUT2D eigenvalue weighted by atomic mass is 10.0. The minimum atomic E-state index is 0.387. The van der Waals surface area contributed by atoms with Gasteiger partial charge in [-0.1, -0.05) is 30.3 Å². The van der Waals surface area contributed by atoms with E-state index in [1.807, 2.05) is 6.20 Å². The first kappa shape index (κ1) is 13.7. The van der Waals surface area contributed by atoms with Crippen molar-refractivity contribution in [1.29, 1.82) is 0 Å². The quantitative estimate of drug-likeness (QED) is 0.939. The van der Waals surface area contributed by atoms with E-state index in [0.29, 0.717) is 18.1 Å². The molecule has 0 bridgehead atoms. The van der Waals surface area contributed by atoms with Crippen molar-refractivity contribution in [1.82, 2.24) is 15.2 Å². The lowest BCUT2D eigenvalue weighted by Gasteiger charge is -2.41. The summed E-state index contributed by atoms with van der Waals surface area (Å²) in [6.45, 7) is 6.61. The lowest BCUT2D eigenvalue weighted by molar-refractivity contribution is 0.0986. The van der Waals surface area contributed by atoms with Crippen molar-refractivity contribution in [2.24, 2.45) is 0 Å². The molecule has 1 fully saturated rings. The summed E-state index contributed by atoms with van der Waals surface area (Å²) in [7, 11) is 0. The molecule has 3 nitrogen and oxygen atoms in total. The first-order valence-corrected chi connectivity index (χ1v) is 8.07. The number of hydrogen-bond acceptors (Lipinski definition) is 4. The molecule has 0 saturated carbocycles. The van der Waals surface area contributed by atoms with Gasteiger partial charge in [0.2, 0.25) is 0 Å². The van der Waals surface area contributed by atoms with Gasteiger partial charge in [-0.05, 0) is 19.4 Å². The maximum atomic E-state index is 4.48. The average molecular weight is 287 g/mol. The van der Waals surface area contributed by atoms with Gasteiger partial charge in [0.1, 0.15) is 5.01 Å². The fourth-order valence-corrected chi connectivity index (χ4v) is 3.63. The Labute approximate surface area is 124 Å². The molecule has 3 atom stereocenters. The van der Waals surface area contributed by atoms with E-state index in [-0.39, 0.29) is 0 Å². The van der Waals surface area contributed by atoms with Crippen LogP contribution in [-0.2, 0) is 0 Å². The third-order valence-electron chi connectivity index (χ3n) is 4.13. The minimum absolute atomic E-state index is 0.387. The maximum Gasteiger partial charge on any atom is 0.109 e. The van der Waals surface area contributed by atoms with E-state index in [1.165, 1.54) is 10.6 Å². The average Bonchev–Trinajstić information content (AvgIpc) is 3.02. The largest absolute Gasteiger partial charge is 0.307 e. The van der Waals surface area contributed by atoms with Crippen LogP contribution in [0.1, 0.15) is 36.5 Å². The summed E-state index contributed by atoms with van der Waals surface area (Å²) in [6.07, 6.45) is 1.90. The third-order valence-corrected chi connectivity index (χ3v) is 5.07. The zero-order chi connectivity index (χ0) is 13.9. The molecule has 1 N–H and O–H groups in total. The second-order valence-corrected chi connectivity index (χ2v) is 6.39. The summed E-state index contributed by atoms with van der Waals surface area (Å²) in [5, 5.41) is 6.93. The van der Waals surface area contributed by atoms with Crippen molar-refractivity contribution in [2.45, 2.75) is 32.0 Å². The molecule has 0 aliphatic carbocycles. The van der Waals surface area contributed by atoms with E-state index in [2.05, 4.69) is 64.8 Å². The minimum Gasteiger partial charge on any atom is -0.307 e. The van der Waals surface area contributed by atoms with Crippen LogP contribution in [-0.4, -0.2) is 29.0 Å². The molecule has 3 rings (SSSR count). The molecule has 1 aromatic heterocycles. The lowest BCUT2D eigenvalue weighted by Crippen LogP contribution is -2.52. The molecule has 1 aliphatic heterocycles. The highest BCUT2D eigenvalue weighted by molar-refractivity contribution is 7.09. The molecule has 1 saturated heterocycles. The SMILES string of the molecule is CC1CNC(c2ccccc2)CN1C(C)c1nccs1. The van der Waals surface area contributed by atoms with Gasteiger partial charge in [-0.3, -0.25) is 4.90 Å². The number of thiazole rings is 1. The second kappa shape index (κ2) is 6.04. The van der Waals surface area contributed by atoms with Crippen LogP contribution in [0.3, 0.4) is 0 Å². The molecule has 106 valence electrons. The Hall–Kier alpha value is -1.23. The normalized spacial score (nSPS) is 25.5. The van der Waals surface area contributed by atoms with Crippen LogP contribution in [0.2, 0.25) is 0 Å². The Morgan fingerprint density at radius 2 is 2.15 bits per heavy atom. The zero-order valence-electron chi connectivity index (χ0n) is 12.0. The van der Waals surface area contributed by atoms with Crippen molar-refractivity contribution in [3.05, 3.63) is 52.5 Å². The smallest absolute Gasteiger partial charge is 0.109 e. The maximum absolute atomic E-state index is 4.48. The predicted octanol–water partition coefficient (Wildman–Crippen LogP) is 3.24. The standard InChI is InChI=1S/C16H21N3S/c1-12-10-18-15(14-6-4-3-5-7-14)11-19(12)13(2)16-17-8-9-20-16/h3-9,12-13,15,18H,10-11H2,1-2H3.